The van der Waals surface area contributed by atoms with E-state index in [-0.39, 0.29) is 25.6 Å². The van der Waals surface area contributed by atoms with E-state index >= 15 is 0 Å². The van der Waals surface area contributed by atoms with Crippen molar-refractivity contribution in [3.8, 4) is 11.5 Å². The molecule has 1 aromatic heterocycles. The fourth-order valence-electron chi connectivity index (χ4n) is 2.97. The summed E-state index contributed by atoms with van der Waals surface area (Å²) in [5.41, 5.74) is 2.56. The van der Waals surface area contributed by atoms with Crippen molar-refractivity contribution >= 4 is 34.5 Å². The highest BCUT2D eigenvalue weighted by atomic mass is 32.1. The van der Waals surface area contributed by atoms with Crippen molar-refractivity contribution < 1.29 is 23.8 Å². The van der Waals surface area contributed by atoms with Crippen LogP contribution in [0.1, 0.15) is 35.2 Å². The molecule has 0 N–H and O–H groups in total. The molecule has 0 radical (unpaired) electrons. The lowest BCUT2D eigenvalue weighted by Gasteiger charge is -2.16. The third kappa shape index (κ3) is 3.48. The van der Waals surface area contributed by atoms with E-state index < -0.39 is 11.9 Å². The summed E-state index contributed by atoms with van der Waals surface area (Å²) in [6, 6.07) is 10.4. The van der Waals surface area contributed by atoms with Gasteiger partial charge in [-0.05, 0) is 42.8 Å². The zero-order valence-electron chi connectivity index (χ0n) is 14.5. The average molecular weight is 384 g/mol. The van der Waals surface area contributed by atoms with E-state index in [1.807, 2.05) is 0 Å². The molecular weight excluding hydrogens is 368 g/mol. The summed E-state index contributed by atoms with van der Waals surface area (Å²) >= 11 is 1.10. The van der Waals surface area contributed by atoms with E-state index in [9.17, 15) is 9.59 Å². The van der Waals surface area contributed by atoms with E-state index in [2.05, 4.69) is 8.75 Å². The van der Waals surface area contributed by atoms with Gasteiger partial charge in [-0.15, -0.1) is 0 Å². The molecule has 1 aliphatic rings. The first-order valence-corrected chi connectivity index (χ1v) is 9.20. The first kappa shape index (κ1) is 17.4. The summed E-state index contributed by atoms with van der Waals surface area (Å²) in [4.78, 5) is 25.3. The van der Waals surface area contributed by atoms with Crippen LogP contribution in [0.2, 0.25) is 0 Å². The largest absolute Gasteiger partial charge is 0.466 e. The molecule has 7 nitrogen and oxygen atoms in total. The fourth-order valence-corrected chi connectivity index (χ4v) is 3.49. The molecule has 0 saturated carbocycles. The molecule has 0 saturated heterocycles. The average Bonchev–Trinajstić information content (AvgIpc) is 3.33. The van der Waals surface area contributed by atoms with Crippen LogP contribution in [0.15, 0.2) is 36.4 Å². The normalized spacial score (nSPS) is 13.5. The molecule has 1 aliphatic heterocycles. The van der Waals surface area contributed by atoms with Crippen molar-refractivity contribution in [2.24, 2.45) is 0 Å². The number of carbonyl (C=O) groups is 2. The number of aromatic nitrogens is 2. The molecule has 1 unspecified atom stereocenters. The zero-order chi connectivity index (χ0) is 18.8. The molecule has 0 bridgehead atoms. The topological polar surface area (TPSA) is 87.6 Å². The summed E-state index contributed by atoms with van der Waals surface area (Å²) in [6.45, 7) is 2.12. The standard InChI is InChI=1S/C19H16N2O5S/c1-2-24-19(23)13(11-4-6-17-18(8-11)26-10-25-17)9-16(22)12-3-5-14-15(7-12)21-27-20-14/h3-8,13H,2,9-10H2,1H3. The van der Waals surface area contributed by atoms with E-state index in [4.69, 9.17) is 14.2 Å². The fraction of sp³-hybridized carbons (Fsp3) is 0.263. The van der Waals surface area contributed by atoms with Gasteiger partial charge in [-0.2, -0.15) is 8.75 Å². The predicted molar refractivity (Wildman–Crippen MR) is 98.3 cm³/mol. The molecule has 4 rings (SSSR count). The molecule has 2 aromatic carbocycles. The highest BCUT2D eigenvalue weighted by Gasteiger charge is 2.28. The van der Waals surface area contributed by atoms with E-state index in [0.717, 1.165) is 17.2 Å². The van der Waals surface area contributed by atoms with Gasteiger partial charge in [-0.3, -0.25) is 9.59 Å². The SMILES string of the molecule is CCOC(=O)C(CC(=O)c1ccc2nsnc2c1)c1ccc2c(c1)OCO2. The lowest BCUT2D eigenvalue weighted by molar-refractivity contribution is -0.144. The first-order valence-electron chi connectivity index (χ1n) is 8.47. The van der Waals surface area contributed by atoms with Crippen LogP contribution in [0.3, 0.4) is 0 Å². The maximum atomic E-state index is 12.8. The summed E-state index contributed by atoms with van der Waals surface area (Å²) < 4.78 is 24.2. The third-order valence-electron chi connectivity index (χ3n) is 4.34. The van der Waals surface area contributed by atoms with Crippen molar-refractivity contribution in [1.29, 1.82) is 0 Å². The van der Waals surface area contributed by atoms with Gasteiger partial charge in [0, 0.05) is 12.0 Å². The zero-order valence-corrected chi connectivity index (χ0v) is 15.3. The number of nitrogens with zero attached hydrogens (tertiary/aromatic N) is 2. The predicted octanol–water partition coefficient (Wildman–Crippen LogP) is 3.34. The Morgan fingerprint density at radius 3 is 2.78 bits per heavy atom. The molecule has 0 aliphatic carbocycles. The monoisotopic (exact) mass is 384 g/mol. The number of fused-ring (bicyclic) bond motifs is 2. The van der Waals surface area contributed by atoms with Crippen LogP contribution < -0.4 is 9.47 Å². The number of Topliss-reactive ketones (excluding diaryl/α,β-unsaturated/α-hetero) is 1. The second-order valence-electron chi connectivity index (χ2n) is 6.01. The second-order valence-corrected chi connectivity index (χ2v) is 6.54. The van der Waals surface area contributed by atoms with Crippen LogP contribution in [0, 0.1) is 0 Å². The molecule has 2 heterocycles. The van der Waals surface area contributed by atoms with Gasteiger partial charge in [0.2, 0.25) is 6.79 Å². The Bertz CT molecular complexity index is 1020. The molecule has 0 fully saturated rings. The Kier molecular flexibility index (Phi) is 4.72. The quantitative estimate of drug-likeness (QED) is 0.476. The van der Waals surface area contributed by atoms with Gasteiger partial charge in [0.15, 0.2) is 17.3 Å². The molecule has 0 spiro atoms. The number of hydrogen-bond donors (Lipinski definition) is 0. The summed E-state index contributed by atoms with van der Waals surface area (Å²) in [5, 5.41) is 0. The van der Waals surface area contributed by atoms with E-state index in [0.29, 0.717) is 28.1 Å². The Morgan fingerprint density at radius 1 is 1.11 bits per heavy atom. The molecule has 27 heavy (non-hydrogen) atoms. The van der Waals surface area contributed by atoms with Crippen molar-refractivity contribution in [2.75, 3.05) is 13.4 Å². The number of hydrogen-bond acceptors (Lipinski definition) is 8. The van der Waals surface area contributed by atoms with Gasteiger partial charge >= 0.3 is 5.97 Å². The lowest BCUT2D eigenvalue weighted by atomic mass is 9.91. The van der Waals surface area contributed by atoms with Crippen LogP contribution in [-0.4, -0.2) is 33.9 Å². The highest BCUT2D eigenvalue weighted by molar-refractivity contribution is 7.00. The maximum absolute atomic E-state index is 12.8. The van der Waals surface area contributed by atoms with Crippen LogP contribution in [0.25, 0.3) is 11.0 Å². The minimum absolute atomic E-state index is 0.0124. The Labute approximate surface area is 159 Å². The van der Waals surface area contributed by atoms with Gasteiger partial charge in [-0.25, -0.2) is 0 Å². The number of rotatable bonds is 6. The van der Waals surface area contributed by atoms with Gasteiger partial charge < -0.3 is 14.2 Å². The van der Waals surface area contributed by atoms with Gasteiger partial charge in [0.1, 0.15) is 11.0 Å². The Hall–Kier alpha value is -3.00. The van der Waals surface area contributed by atoms with Crippen molar-refractivity contribution in [2.45, 2.75) is 19.3 Å². The van der Waals surface area contributed by atoms with E-state index in [1.54, 1.807) is 43.3 Å². The summed E-state index contributed by atoms with van der Waals surface area (Å²) in [5.74, 6) is -0.156. The number of ether oxygens (including phenoxy) is 3. The Balaban J connectivity index is 1.62. The molecular formula is C19H16N2O5S. The smallest absolute Gasteiger partial charge is 0.313 e. The summed E-state index contributed by atoms with van der Waals surface area (Å²) in [7, 11) is 0. The number of carbonyl (C=O) groups excluding carboxylic acids is 2. The molecule has 0 amide bonds. The maximum Gasteiger partial charge on any atom is 0.313 e. The molecule has 3 aromatic rings. The van der Waals surface area contributed by atoms with Crippen LogP contribution in [-0.2, 0) is 9.53 Å². The Morgan fingerprint density at radius 2 is 1.93 bits per heavy atom. The van der Waals surface area contributed by atoms with Crippen molar-refractivity contribution in [3.63, 3.8) is 0 Å². The number of esters is 1. The highest BCUT2D eigenvalue weighted by Crippen LogP contribution is 2.36. The molecule has 138 valence electrons. The molecule has 1 atom stereocenters. The summed E-state index contributed by atoms with van der Waals surface area (Å²) in [6.07, 6.45) is -0.0124. The minimum Gasteiger partial charge on any atom is -0.466 e. The van der Waals surface area contributed by atoms with Gasteiger partial charge in [-0.1, -0.05) is 6.07 Å². The third-order valence-corrected chi connectivity index (χ3v) is 4.89. The van der Waals surface area contributed by atoms with Crippen molar-refractivity contribution in [1.82, 2.24) is 8.75 Å². The lowest BCUT2D eigenvalue weighted by Crippen LogP contribution is -2.19. The number of ketones is 1. The first-order chi connectivity index (χ1) is 13.2. The molecule has 8 heteroatoms. The van der Waals surface area contributed by atoms with Crippen LogP contribution in [0.5, 0.6) is 11.5 Å². The second kappa shape index (κ2) is 7.32. The van der Waals surface area contributed by atoms with Crippen LogP contribution >= 0.6 is 11.7 Å². The van der Waals surface area contributed by atoms with Crippen LogP contribution in [0.4, 0.5) is 0 Å². The van der Waals surface area contributed by atoms with E-state index in [1.165, 1.54) is 0 Å². The van der Waals surface area contributed by atoms with Gasteiger partial charge in [0.25, 0.3) is 0 Å². The van der Waals surface area contributed by atoms with Gasteiger partial charge in [0.05, 0.1) is 24.3 Å². The minimum atomic E-state index is -0.726. The number of benzene rings is 2. The van der Waals surface area contributed by atoms with Crippen molar-refractivity contribution in [3.05, 3.63) is 47.5 Å².